The predicted octanol–water partition coefficient (Wildman–Crippen LogP) is 2.06. The second-order valence-electron chi connectivity index (χ2n) is 8.08. The molecule has 2 fully saturated rings. The lowest BCUT2D eigenvalue weighted by Crippen LogP contribution is -2.44. The zero-order valence-electron chi connectivity index (χ0n) is 14.1. The number of benzene rings is 1. The molecule has 0 heterocycles. The second kappa shape index (κ2) is 5.67. The Morgan fingerprint density at radius 3 is 2.72 bits per heavy atom. The van der Waals surface area contributed by atoms with E-state index in [9.17, 15) is 18.6 Å². The lowest BCUT2D eigenvalue weighted by Gasteiger charge is -2.49. The number of aryl methyl sites for hydroxylation is 1. The fourth-order valence-corrected chi connectivity index (χ4v) is 6.07. The Balaban J connectivity index is 1.64. The van der Waals surface area contributed by atoms with Gasteiger partial charge < -0.3 is 14.4 Å². The molecule has 0 spiro atoms. The smallest absolute Gasteiger partial charge is 0.390 e. The second-order valence-corrected chi connectivity index (χ2v) is 9.10. The van der Waals surface area contributed by atoms with Crippen molar-refractivity contribution in [1.82, 2.24) is 0 Å². The third kappa shape index (κ3) is 2.77. The largest absolute Gasteiger partial charge is 0.446 e. The van der Waals surface area contributed by atoms with Crippen LogP contribution in [0.1, 0.15) is 49.7 Å². The van der Waals surface area contributed by atoms with Crippen LogP contribution >= 0.6 is 0 Å². The summed E-state index contributed by atoms with van der Waals surface area (Å²) in [5.74, 6) is 1.22. The molecular weight excluding hydrogens is 344 g/mol. The molecule has 3 aliphatic carbocycles. The molecule has 6 atom stereocenters. The van der Waals surface area contributed by atoms with Gasteiger partial charge in [-0.3, -0.25) is 4.55 Å². The summed E-state index contributed by atoms with van der Waals surface area (Å²) in [6, 6.07) is 5.18. The topological polar surface area (TPSA) is 104 Å². The molecule has 4 rings (SSSR count). The van der Waals surface area contributed by atoms with E-state index in [4.69, 9.17) is 4.55 Å². The SMILES string of the molecule is C[C@@]12CC[C@H]3c4ccc(OS(=O)(=O)O)cc4CC[C@@H]3[C@@H]1C[C@H](O)[C@@H]2O. The van der Waals surface area contributed by atoms with Gasteiger partial charge in [-0.1, -0.05) is 13.0 Å². The quantitative estimate of drug-likeness (QED) is 0.690. The molecule has 1 aromatic rings. The Kier molecular flexibility index (Phi) is 3.92. The summed E-state index contributed by atoms with van der Waals surface area (Å²) in [7, 11) is -4.51. The molecule has 0 bridgehead atoms. The minimum Gasteiger partial charge on any atom is -0.390 e. The summed E-state index contributed by atoms with van der Waals surface area (Å²) in [5, 5.41) is 20.6. The van der Waals surface area contributed by atoms with Crippen LogP contribution in [-0.4, -0.2) is 35.4 Å². The first-order valence-corrected chi connectivity index (χ1v) is 10.2. The van der Waals surface area contributed by atoms with Crippen LogP contribution in [0.5, 0.6) is 5.75 Å². The molecule has 138 valence electrons. The van der Waals surface area contributed by atoms with E-state index in [0.717, 1.165) is 31.2 Å². The summed E-state index contributed by atoms with van der Waals surface area (Å²) < 4.78 is 35.2. The molecule has 2 saturated carbocycles. The van der Waals surface area contributed by atoms with E-state index in [1.54, 1.807) is 12.1 Å². The van der Waals surface area contributed by atoms with E-state index in [-0.39, 0.29) is 11.2 Å². The molecule has 0 aliphatic heterocycles. The minimum atomic E-state index is -4.51. The van der Waals surface area contributed by atoms with Crippen molar-refractivity contribution in [3.8, 4) is 5.75 Å². The maximum absolute atomic E-state index is 10.9. The van der Waals surface area contributed by atoms with Gasteiger partial charge in [0.05, 0.1) is 12.2 Å². The van der Waals surface area contributed by atoms with Crippen molar-refractivity contribution in [3.05, 3.63) is 29.3 Å². The minimum absolute atomic E-state index is 0.132. The summed E-state index contributed by atoms with van der Waals surface area (Å²) >= 11 is 0. The molecule has 0 radical (unpaired) electrons. The molecule has 3 N–H and O–H groups in total. The van der Waals surface area contributed by atoms with Crippen LogP contribution in [0.2, 0.25) is 0 Å². The monoisotopic (exact) mass is 368 g/mol. The molecule has 7 heteroatoms. The Morgan fingerprint density at radius 1 is 1.24 bits per heavy atom. The van der Waals surface area contributed by atoms with Crippen LogP contribution in [0.4, 0.5) is 0 Å². The third-order valence-electron chi connectivity index (χ3n) is 6.87. The van der Waals surface area contributed by atoms with E-state index in [1.165, 1.54) is 5.56 Å². The summed E-state index contributed by atoms with van der Waals surface area (Å²) in [4.78, 5) is 0. The van der Waals surface area contributed by atoms with Gasteiger partial charge in [0, 0.05) is 0 Å². The first-order valence-electron chi connectivity index (χ1n) is 8.85. The van der Waals surface area contributed by atoms with Crippen molar-refractivity contribution >= 4 is 10.4 Å². The van der Waals surface area contributed by atoms with E-state index in [2.05, 4.69) is 11.1 Å². The van der Waals surface area contributed by atoms with Gasteiger partial charge in [0.25, 0.3) is 0 Å². The van der Waals surface area contributed by atoms with Crippen LogP contribution in [-0.2, 0) is 16.8 Å². The maximum atomic E-state index is 10.9. The molecule has 0 unspecified atom stereocenters. The van der Waals surface area contributed by atoms with Gasteiger partial charge >= 0.3 is 10.4 Å². The molecular formula is C18H24O6S. The first-order chi connectivity index (χ1) is 11.7. The van der Waals surface area contributed by atoms with Crippen LogP contribution in [0, 0.1) is 17.3 Å². The van der Waals surface area contributed by atoms with Crippen molar-refractivity contribution < 1.29 is 27.4 Å². The Hall–Kier alpha value is -1.15. The number of aliphatic hydroxyl groups excluding tert-OH is 2. The lowest BCUT2D eigenvalue weighted by atomic mass is 9.55. The van der Waals surface area contributed by atoms with Crippen molar-refractivity contribution in [2.45, 2.75) is 57.2 Å². The molecule has 0 aromatic heterocycles. The Morgan fingerprint density at radius 2 is 2.00 bits per heavy atom. The van der Waals surface area contributed by atoms with Gasteiger partial charge in [-0.05, 0) is 78.5 Å². The summed E-state index contributed by atoms with van der Waals surface area (Å²) in [5.41, 5.74) is 2.05. The molecule has 3 aliphatic rings. The lowest BCUT2D eigenvalue weighted by molar-refractivity contribution is -0.0505. The standard InChI is InChI=1S/C18H24O6S/c1-18-7-6-13-12-5-3-11(24-25(21,22)23)8-10(12)2-4-14(13)15(18)9-16(19)17(18)20/h3,5,8,13-17,19-20H,2,4,6-7,9H2,1H3,(H,21,22,23)/t13-,14-,15-,16-,17-,18+/m0/s1. The van der Waals surface area contributed by atoms with E-state index < -0.39 is 22.6 Å². The van der Waals surface area contributed by atoms with Gasteiger partial charge in [0.2, 0.25) is 0 Å². The number of fused-ring (bicyclic) bond motifs is 5. The zero-order chi connectivity index (χ0) is 18.0. The fraction of sp³-hybridized carbons (Fsp3) is 0.667. The Bertz CT molecular complexity index is 791. The summed E-state index contributed by atoms with van der Waals surface area (Å²) in [6.07, 6.45) is 2.95. The van der Waals surface area contributed by atoms with E-state index >= 15 is 0 Å². The zero-order valence-corrected chi connectivity index (χ0v) is 14.9. The number of hydrogen-bond acceptors (Lipinski definition) is 5. The highest BCUT2D eigenvalue weighted by molar-refractivity contribution is 7.81. The number of hydrogen-bond donors (Lipinski definition) is 3. The van der Waals surface area contributed by atoms with Gasteiger partial charge in [-0.15, -0.1) is 0 Å². The average molecular weight is 368 g/mol. The third-order valence-corrected chi connectivity index (χ3v) is 7.28. The van der Waals surface area contributed by atoms with Crippen molar-refractivity contribution in [3.63, 3.8) is 0 Å². The number of rotatable bonds is 2. The summed E-state index contributed by atoms with van der Waals surface area (Å²) in [6.45, 7) is 2.10. The van der Waals surface area contributed by atoms with Crippen molar-refractivity contribution in [2.75, 3.05) is 0 Å². The normalized spacial score (nSPS) is 40.1. The van der Waals surface area contributed by atoms with Gasteiger partial charge in [0.1, 0.15) is 5.75 Å². The molecule has 1 aromatic carbocycles. The molecule has 6 nitrogen and oxygen atoms in total. The van der Waals surface area contributed by atoms with Gasteiger partial charge in [-0.2, -0.15) is 8.42 Å². The van der Waals surface area contributed by atoms with Crippen LogP contribution in [0.3, 0.4) is 0 Å². The van der Waals surface area contributed by atoms with Gasteiger partial charge in [-0.25, -0.2) is 0 Å². The highest BCUT2D eigenvalue weighted by atomic mass is 32.3. The molecule has 0 saturated heterocycles. The molecule has 25 heavy (non-hydrogen) atoms. The van der Waals surface area contributed by atoms with Crippen LogP contribution in [0.15, 0.2) is 18.2 Å². The number of aliphatic hydroxyl groups is 2. The Labute approximate surface area is 147 Å². The van der Waals surface area contributed by atoms with E-state index in [0.29, 0.717) is 24.2 Å². The average Bonchev–Trinajstić information content (AvgIpc) is 2.76. The van der Waals surface area contributed by atoms with E-state index in [1.807, 2.05) is 6.07 Å². The van der Waals surface area contributed by atoms with Crippen LogP contribution in [0.25, 0.3) is 0 Å². The highest BCUT2D eigenvalue weighted by Gasteiger charge is 2.57. The predicted molar refractivity (Wildman–Crippen MR) is 90.6 cm³/mol. The van der Waals surface area contributed by atoms with Crippen molar-refractivity contribution in [1.29, 1.82) is 0 Å². The maximum Gasteiger partial charge on any atom is 0.446 e. The fourth-order valence-electron chi connectivity index (χ4n) is 5.72. The highest BCUT2D eigenvalue weighted by Crippen LogP contribution is 2.60. The van der Waals surface area contributed by atoms with Crippen molar-refractivity contribution in [2.24, 2.45) is 17.3 Å². The van der Waals surface area contributed by atoms with Crippen LogP contribution < -0.4 is 4.18 Å². The molecule has 0 amide bonds. The van der Waals surface area contributed by atoms with Gasteiger partial charge in [0.15, 0.2) is 0 Å². The first kappa shape index (κ1) is 17.3.